The molecule has 2 aromatic carbocycles. The third kappa shape index (κ3) is 4.79. The Balaban J connectivity index is 1.76. The van der Waals surface area contributed by atoms with Crippen LogP contribution in [0.3, 0.4) is 0 Å². The van der Waals surface area contributed by atoms with Crippen LogP contribution < -0.4 is 5.43 Å². The number of hydrogen-bond acceptors (Lipinski definition) is 6. The normalized spacial score (nSPS) is 16.4. The van der Waals surface area contributed by atoms with Crippen molar-refractivity contribution in [3.8, 4) is 0 Å². The van der Waals surface area contributed by atoms with Gasteiger partial charge in [0.1, 0.15) is 0 Å². The van der Waals surface area contributed by atoms with Crippen molar-refractivity contribution < 1.29 is 14.5 Å². The van der Waals surface area contributed by atoms with E-state index in [0.29, 0.717) is 18.8 Å². The number of nitro groups is 1. The van der Waals surface area contributed by atoms with Crippen molar-refractivity contribution >= 4 is 17.3 Å². The Labute approximate surface area is 163 Å². The first-order valence-electron chi connectivity index (χ1n) is 9.02. The lowest BCUT2D eigenvalue weighted by Crippen LogP contribution is -2.42. The van der Waals surface area contributed by atoms with E-state index in [0.717, 1.165) is 24.4 Å². The molecule has 1 atom stereocenters. The van der Waals surface area contributed by atoms with Gasteiger partial charge in [0.15, 0.2) is 0 Å². The van der Waals surface area contributed by atoms with E-state index < -0.39 is 10.8 Å². The highest BCUT2D eigenvalue weighted by atomic mass is 16.6. The SMILES string of the molecule is C/C(=N/NC(=O)c1ccc([N+](=O)[O-])cc1)[C@@H](c1ccccc1)N1CCOCC1. The van der Waals surface area contributed by atoms with E-state index in [1.807, 2.05) is 37.3 Å². The molecule has 0 bridgehead atoms. The van der Waals surface area contributed by atoms with E-state index in [2.05, 4.69) is 15.4 Å². The second-order valence-electron chi connectivity index (χ2n) is 6.46. The zero-order valence-electron chi connectivity index (χ0n) is 15.6. The molecule has 0 unspecified atom stereocenters. The van der Waals surface area contributed by atoms with Crippen LogP contribution in [0, 0.1) is 10.1 Å². The van der Waals surface area contributed by atoms with Crippen molar-refractivity contribution in [1.82, 2.24) is 10.3 Å². The summed E-state index contributed by atoms with van der Waals surface area (Å²) in [4.78, 5) is 24.8. The molecule has 3 rings (SSSR count). The van der Waals surface area contributed by atoms with Crippen molar-refractivity contribution in [3.63, 3.8) is 0 Å². The fourth-order valence-electron chi connectivity index (χ4n) is 3.19. The van der Waals surface area contributed by atoms with Crippen LogP contribution in [0.4, 0.5) is 5.69 Å². The number of carbonyl (C=O) groups excluding carboxylic acids is 1. The van der Waals surface area contributed by atoms with Crippen LogP contribution in [0.25, 0.3) is 0 Å². The predicted octanol–water partition coefficient (Wildman–Crippen LogP) is 2.77. The first kappa shape index (κ1) is 19.7. The van der Waals surface area contributed by atoms with E-state index in [-0.39, 0.29) is 11.7 Å². The lowest BCUT2D eigenvalue weighted by atomic mass is 10.0. The van der Waals surface area contributed by atoms with E-state index >= 15 is 0 Å². The Kier molecular flexibility index (Phi) is 6.46. The molecule has 0 radical (unpaired) electrons. The topological polar surface area (TPSA) is 97.1 Å². The monoisotopic (exact) mass is 382 g/mol. The number of carbonyl (C=O) groups is 1. The lowest BCUT2D eigenvalue weighted by molar-refractivity contribution is -0.384. The molecular weight excluding hydrogens is 360 g/mol. The van der Waals surface area contributed by atoms with E-state index in [4.69, 9.17) is 4.74 Å². The highest BCUT2D eigenvalue weighted by Crippen LogP contribution is 2.23. The maximum Gasteiger partial charge on any atom is 0.271 e. The zero-order chi connectivity index (χ0) is 19.9. The van der Waals surface area contributed by atoms with Gasteiger partial charge in [-0.15, -0.1) is 0 Å². The molecule has 0 spiro atoms. The summed E-state index contributed by atoms with van der Waals surface area (Å²) in [6, 6.07) is 15.3. The summed E-state index contributed by atoms with van der Waals surface area (Å²) in [7, 11) is 0. The third-order valence-corrected chi connectivity index (χ3v) is 4.60. The molecule has 8 heteroatoms. The standard InChI is InChI=1S/C20H22N4O4/c1-15(21-22-20(25)17-7-9-18(10-8-17)24(26)27)19(16-5-3-2-4-6-16)23-11-13-28-14-12-23/h2-10,19H,11-14H2,1H3,(H,22,25)/b21-15-/t19-/m0/s1. The second-order valence-corrected chi connectivity index (χ2v) is 6.46. The molecule has 0 aromatic heterocycles. The number of nitrogens with one attached hydrogen (secondary N) is 1. The Morgan fingerprint density at radius 1 is 1.14 bits per heavy atom. The summed E-state index contributed by atoms with van der Waals surface area (Å²) in [6.07, 6.45) is 0. The summed E-state index contributed by atoms with van der Waals surface area (Å²) in [6.45, 7) is 4.76. The molecule has 1 saturated heterocycles. The van der Waals surface area contributed by atoms with E-state index in [1.165, 1.54) is 24.3 Å². The quantitative estimate of drug-likeness (QED) is 0.471. The van der Waals surface area contributed by atoms with Crippen molar-refractivity contribution in [2.45, 2.75) is 13.0 Å². The van der Waals surface area contributed by atoms with Crippen molar-refractivity contribution in [2.24, 2.45) is 5.10 Å². The van der Waals surface area contributed by atoms with Gasteiger partial charge in [0.2, 0.25) is 0 Å². The van der Waals surface area contributed by atoms with Gasteiger partial charge in [0.25, 0.3) is 11.6 Å². The van der Waals surface area contributed by atoms with Crippen molar-refractivity contribution in [3.05, 3.63) is 75.8 Å². The van der Waals surface area contributed by atoms with Gasteiger partial charge in [0, 0.05) is 30.8 Å². The van der Waals surface area contributed by atoms with E-state index in [9.17, 15) is 14.9 Å². The number of hydrazone groups is 1. The van der Waals surface area contributed by atoms with Gasteiger partial charge in [-0.25, -0.2) is 5.43 Å². The second kappa shape index (κ2) is 9.20. The Morgan fingerprint density at radius 3 is 2.39 bits per heavy atom. The largest absolute Gasteiger partial charge is 0.379 e. The summed E-state index contributed by atoms with van der Waals surface area (Å²) >= 11 is 0. The van der Waals surface area contributed by atoms with Gasteiger partial charge in [-0.3, -0.25) is 19.8 Å². The first-order valence-corrected chi connectivity index (χ1v) is 9.02. The van der Waals surface area contributed by atoms with Gasteiger partial charge >= 0.3 is 0 Å². The molecule has 8 nitrogen and oxygen atoms in total. The minimum atomic E-state index is -0.503. The Bertz CT molecular complexity index is 846. The number of amides is 1. The number of benzene rings is 2. The smallest absolute Gasteiger partial charge is 0.271 e. The van der Waals surface area contributed by atoms with Crippen LogP contribution in [0.1, 0.15) is 28.9 Å². The average molecular weight is 382 g/mol. The minimum absolute atomic E-state index is 0.0623. The molecule has 1 aliphatic rings. The van der Waals surface area contributed by atoms with Crippen LogP contribution in [0.2, 0.25) is 0 Å². The molecule has 0 aliphatic carbocycles. The summed E-state index contributed by atoms with van der Waals surface area (Å²) < 4.78 is 5.45. The Hall–Kier alpha value is -3.10. The van der Waals surface area contributed by atoms with Crippen LogP contribution >= 0.6 is 0 Å². The maximum atomic E-state index is 12.3. The molecule has 1 amide bonds. The summed E-state index contributed by atoms with van der Waals surface area (Å²) in [5.74, 6) is -0.414. The predicted molar refractivity (Wildman–Crippen MR) is 105 cm³/mol. The number of ether oxygens (including phenoxy) is 1. The molecule has 1 heterocycles. The van der Waals surface area contributed by atoms with Gasteiger partial charge in [-0.05, 0) is 24.6 Å². The van der Waals surface area contributed by atoms with Crippen LogP contribution in [0.15, 0.2) is 59.7 Å². The van der Waals surface area contributed by atoms with Crippen LogP contribution in [-0.2, 0) is 4.74 Å². The van der Waals surface area contributed by atoms with Crippen LogP contribution in [0.5, 0.6) is 0 Å². The molecule has 2 aromatic rings. The van der Waals surface area contributed by atoms with Gasteiger partial charge in [-0.1, -0.05) is 30.3 Å². The molecular formula is C20H22N4O4. The fourth-order valence-corrected chi connectivity index (χ4v) is 3.19. The highest BCUT2D eigenvalue weighted by Gasteiger charge is 2.25. The number of morpholine rings is 1. The van der Waals surface area contributed by atoms with Crippen molar-refractivity contribution in [1.29, 1.82) is 0 Å². The molecule has 1 aliphatic heterocycles. The Morgan fingerprint density at radius 2 is 1.79 bits per heavy atom. The third-order valence-electron chi connectivity index (χ3n) is 4.60. The lowest BCUT2D eigenvalue weighted by Gasteiger charge is -2.34. The number of hydrogen-bond donors (Lipinski definition) is 1. The highest BCUT2D eigenvalue weighted by molar-refractivity contribution is 5.96. The molecule has 28 heavy (non-hydrogen) atoms. The summed E-state index contributed by atoms with van der Waals surface area (Å²) in [5.41, 5.74) is 4.65. The molecule has 1 N–H and O–H groups in total. The first-order chi connectivity index (χ1) is 13.6. The number of non-ortho nitro benzene ring substituents is 1. The average Bonchev–Trinajstić information content (AvgIpc) is 2.74. The van der Waals surface area contributed by atoms with Gasteiger partial charge in [-0.2, -0.15) is 5.10 Å². The molecule has 0 saturated carbocycles. The summed E-state index contributed by atoms with van der Waals surface area (Å²) in [5, 5.41) is 15.0. The van der Waals surface area contributed by atoms with Gasteiger partial charge < -0.3 is 4.74 Å². The zero-order valence-corrected chi connectivity index (χ0v) is 15.6. The number of nitrogens with zero attached hydrogens (tertiary/aromatic N) is 3. The molecule has 1 fully saturated rings. The fraction of sp³-hybridized carbons (Fsp3) is 0.300. The number of nitro benzene ring substituents is 1. The minimum Gasteiger partial charge on any atom is -0.379 e. The van der Waals surface area contributed by atoms with Crippen LogP contribution in [-0.4, -0.2) is 47.7 Å². The van der Waals surface area contributed by atoms with E-state index in [1.54, 1.807) is 0 Å². The van der Waals surface area contributed by atoms with Crippen molar-refractivity contribution in [2.75, 3.05) is 26.3 Å². The molecule has 146 valence electrons. The van der Waals surface area contributed by atoms with Gasteiger partial charge in [0.05, 0.1) is 29.9 Å². The number of rotatable bonds is 6. The maximum absolute atomic E-state index is 12.3.